The second kappa shape index (κ2) is 9.14. The Morgan fingerprint density at radius 1 is 1.08 bits per heavy atom. The predicted octanol–water partition coefficient (Wildman–Crippen LogP) is 1.26. The lowest BCUT2D eigenvalue weighted by molar-refractivity contribution is -0.136. The van der Waals surface area contributed by atoms with Gasteiger partial charge in [-0.05, 0) is 32.8 Å². The fourth-order valence-corrected chi connectivity index (χ4v) is 3.44. The summed E-state index contributed by atoms with van der Waals surface area (Å²) in [5.41, 5.74) is 6.18. The van der Waals surface area contributed by atoms with Crippen LogP contribution in [-0.2, 0) is 15.1 Å². The van der Waals surface area contributed by atoms with Crippen molar-refractivity contribution in [3.8, 4) is 0 Å². The number of likely N-dealkylation sites (N-methyl/N-ethyl adjacent to an activating group) is 1. The second-order valence-electron chi connectivity index (χ2n) is 7.06. The summed E-state index contributed by atoms with van der Waals surface area (Å²) >= 11 is 0. The smallest absolute Gasteiger partial charge is 0.247 e. The summed E-state index contributed by atoms with van der Waals surface area (Å²) in [5.74, 6) is 0.100. The van der Waals surface area contributed by atoms with E-state index in [1.54, 1.807) is 6.92 Å². The van der Waals surface area contributed by atoms with E-state index in [9.17, 15) is 9.59 Å². The molecule has 1 atom stereocenters. The maximum absolute atomic E-state index is 13.0. The van der Waals surface area contributed by atoms with Crippen molar-refractivity contribution in [3.63, 3.8) is 0 Å². The fourth-order valence-electron chi connectivity index (χ4n) is 3.44. The van der Waals surface area contributed by atoms with Gasteiger partial charge in [-0.1, -0.05) is 30.3 Å². The van der Waals surface area contributed by atoms with Crippen LogP contribution in [0.3, 0.4) is 0 Å². The zero-order valence-electron chi connectivity index (χ0n) is 16.3. The molecule has 1 unspecified atom stereocenters. The van der Waals surface area contributed by atoms with Crippen LogP contribution in [0.25, 0.3) is 0 Å². The first-order valence-corrected chi connectivity index (χ1v) is 9.54. The number of amides is 2. The Labute approximate surface area is 156 Å². The van der Waals surface area contributed by atoms with Crippen molar-refractivity contribution in [1.82, 2.24) is 14.7 Å². The van der Waals surface area contributed by atoms with Crippen LogP contribution in [0.15, 0.2) is 30.3 Å². The molecule has 0 spiro atoms. The molecule has 1 fully saturated rings. The summed E-state index contributed by atoms with van der Waals surface area (Å²) in [6.45, 7) is 10.4. The van der Waals surface area contributed by atoms with Gasteiger partial charge in [0.25, 0.3) is 0 Å². The predicted molar refractivity (Wildman–Crippen MR) is 104 cm³/mol. The Morgan fingerprint density at radius 2 is 1.73 bits per heavy atom. The molecule has 0 bridgehead atoms. The van der Waals surface area contributed by atoms with E-state index in [0.717, 1.165) is 31.6 Å². The van der Waals surface area contributed by atoms with E-state index >= 15 is 0 Å². The highest BCUT2D eigenvalue weighted by Crippen LogP contribution is 2.21. The molecule has 1 aromatic carbocycles. The van der Waals surface area contributed by atoms with E-state index < -0.39 is 5.54 Å². The summed E-state index contributed by atoms with van der Waals surface area (Å²) in [7, 11) is 0. The van der Waals surface area contributed by atoms with Gasteiger partial charge in [-0.2, -0.15) is 0 Å². The Balaban J connectivity index is 1.97. The van der Waals surface area contributed by atoms with Crippen molar-refractivity contribution in [3.05, 3.63) is 35.9 Å². The van der Waals surface area contributed by atoms with E-state index in [1.165, 1.54) is 0 Å². The van der Waals surface area contributed by atoms with Gasteiger partial charge in [0.1, 0.15) is 5.54 Å². The number of nitrogens with two attached hydrogens (primary N) is 1. The van der Waals surface area contributed by atoms with Gasteiger partial charge in [-0.25, -0.2) is 0 Å². The molecule has 1 heterocycles. The lowest BCUT2D eigenvalue weighted by Crippen LogP contribution is -2.52. The maximum atomic E-state index is 13.0. The first kappa shape index (κ1) is 20.4. The quantitative estimate of drug-likeness (QED) is 0.829. The first-order valence-electron chi connectivity index (χ1n) is 9.54. The average Bonchev–Trinajstić information content (AvgIpc) is 2.88. The number of carbonyl (C=O) groups excluding carboxylic acids is 2. The highest BCUT2D eigenvalue weighted by Gasteiger charge is 2.35. The Hall–Kier alpha value is -1.92. The summed E-state index contributed by atoms with van der Waals surface area (Å²) in [6.07, 6.45) is 0.849. The standard InChI is InChI=1S/C20H32N4O2/c1-4-23(5-2)18(25)16-22-12-9-13-24(15-14-22)19(26)20(3,21)17-10-7-6-8-11-17/h6-8,10-11H,4-5,9,12-16,21H2,1-3H3. The van der Waals surface area contributed by atoms with Gasteiger partial charge in [-0.3, -0.25) is 14.5 Å². The van der Waals surface area contributed by atoms with Crippen LogP contribution in [-0.4, -0.2) is 72.3 Å². The Morgan fingerprint density at radius 3 is 2.35 bits per heavy atom. The Kier molecular flexibility index (Phi) is 7.17. The molecule has 6 heteroatoms. The third kappa shape index (κ3) is 4.83. The molecule has 0 aromatic heterocycles. The van der Waals surface area contributed by atoms with Gasteiger partial charge in [0, 0.05) is 39.3 Å². The molecular weight excluding hydrogens is 328 g/mol. The number of carbonyl (C=O) groups is 2. The molecule has 2 amide bonds. The maximum Gasteiger partial charge on any atom is 0.247 e. The normalized spacial score (nSPS) is 18.1. The summed E-state index contributed by atoms with van der Waals surface area (Å²) in [5, 5.41) is 0. The van der Waals surface area contributed by atoms with Crippen LogP contribution in [0.5, 0.6) is 0 Å². The molecule has 6 nitrogen and oxygen atoms in total. The summed E-state index contributed by atoms with van der Waals surface area (Å²) in [4.78, 5) is 31.2. The van der Waals surface area contributed by atoms with Crippen LogP contribution in [0, 0.1) is 0 Å². The zero-order valence-corrected chi connectivity index (χ0v) is 16.3. The fraction of sp³-hybridized carbons (Fsp3) is 0.600. The van der Waals surface area contributed by atoms with Crippen molar-refractivity contribution >= 4 is 11.8 Å². The van der Waals surface area contributed by atoms with Crippen molar-refractivity contribution in [2.45, 2.75) is 32.7 Å². The Bertz CT molecular complexity index is 599. The largest absolute Gasteiger partial charge is 0.342 e. The van der Waals surface area contributed by atoms with Gasteiger partial charge >= 0.3 is 0 Å². The van der Waals surface area contributed by atoms with Gasteiger partial charge < -0.3 is 15.5 Å². The van der Waals surface area contributed by atoms with Crippen molar-refractivity contribution in [1.29, 1.82) is 0 Å². The van der Waals surface area contributed by atoms with Crippen LogP contribution < -0.4 is 5.73 Å². The van der Waals surface area contributed by atoms with Crippen LogP contribution in [0.1, 0.15) is 32.8 Å². The molecule has 2 N–H and O–H groups in total. The third-order valence-corrected chi connectivity index (χ3v) is 5.17. The minimum absolute atomic E-state index is 0.0550. The highest BCUT2D eigenvalue weighted by molar-refractivity contribution is 5.87. The lowest BCUT2D eigenvalue weighted by Gasteiger charge is -2.31. The number of hydrogen-bond acceptors (Lipinski definition) is 4. The highest BCUT2D eigenvalue weighted by atomic mass is 16.2. The van der Waals surface area contributed by atoms with Crippen molar-refractivity contribution in [2.75, 3.05) is 45.8 Å². The topological polar surface area (TPSA) is 69.9 Å². The lowest BCUT2D eigenvalue weighted by atomic mass is 9.91. The van der Waals surface area contributed by atoms with Crippen LogP contribution in [0.4, 0.5) is 0 Å². The second-order valence-corrected chi connectivity index (χ2v) is 7.06. The van der Waals surface area contributed by atoms with Crippen molar-refractivity contribution in [2.24, 2.45) is 5.73 Å². The van der Waals surface area contributed by atoms with E-state index in [-0.39, 0.29) is 11.8 Å². The van der Waals surface area contributed by atoms with E-state index in [0.29, 0.717) is 26.2 Å². The minimum atomic E-state index is -1.03. The van der Waals surface area contributed by atoms with Gasteiger partial charge in [0.15, 0.2) is 0 Å². The monoisotopic (exact) mass is 360 g/mol. The van der Waals surface area contributed by atoms with Crippen LogP contribution in [0.2, 0.25) is 0 Å². The molecule has 1 aliphatic rings. The van der Waals surface area contributed by atoms with Gasteiger partial charge in [0.05, 0.1) is 6.54 Å². The molecule has 2 rings (SSSR count). The van der Waals surface area contributed by atoms with Crippen molar-refractivity contribution < 1.29 is 9.59 Å². The van der Waals surface area contributed by atoms with E-state index in [2.05, 4.69) is 4.90 Å². The van der Waals surface area contributed by atoms with E-state index in [1.807, 2.05) is 54.0 Å². The van der Waals surface area contributed by atoms with Gasteiger partial charge in [0.2, 0.25) is 11.8 Å². The molecule has 0 saturated carbocycles. The molecule has 144 valence electrons. The number of hydrogen-bond donors (Lipinski definition) is 1. The number of nitrogens with zero attached hydrogens (tertiary/aromatic N) is 3. The molecule has 0 aliphatic carbocycles. The van der Waals surface area contributed by atoms with Crippen LogP contribution >= 0.6 is 0 Å². The molecular formula is C20H32N4O2. The van der Waals surface area contributed by atoms with Gasteiger partial charge in [-0.15, -0.1) is 0 Å². The zero-order chi connectivity index (χ0) is 19.2. The molecule has 0 radical (unpaired) electrons. The molecule has 26 heavy (non-hydrogen) atoms. The summed E-state index contributed by atoms with van der Waals surface area (Å²) in [6, 6.07) is 9.50. The SMILES string of the molecule is CCN(CC)C(=O)CN1CCCN(C(=O)C(C)(N)c2ccccc2)CC1. The molecule has 1 aliphatic heterocycles. The third-order valence-electron chi connectivity index (χ3n) is 5.17. The van der Waals surface area contributed by atoms with E-state index in [4.69, 9.17) is 5.73 Å². The minimum Gasteiger partial charge on any atom is -0.342 e. The first-order chi connectivity index (χ1) is 12.4. The average molecular weight is 361 g/mol. The molecule has 1 saturated heterocycles. The number of benzene rings is 1. The number of rotatable bonds is 6. The molecule has 1 aromatic rings. The summed E-state index contributed by atoms with van der Waals surface area (Å²) < 4.78 is 0.